The number of carbonyl (C=O) groups excluding carboxylic acids is 1. The highest BCUT2D eigenvalue weighted by Gasteiger charge is 2.13. The highest BCUT2D eigenvalue weighted by atomic mass is 32.3. The molecule has 0 heterocycles. The van der Waals surface area contributed by atoms with Crippen molar-refractivity contribution in [2.75, 3.05) is 20.0 Å². The molecule has 1 rings (SSSR count). The number of unbranched alkanes of at least 4 members (excludes halogenated alkanes) is 1. The minimum absolute atomic E-state index is 0.186. The van der Waals surface area contributed by atoms with Gasteiger partial charge in [-0.1, -0.05) is 11.9 Å². The highest BCUT2D eigenvalue weighted by molar-refractivity contribution is 8.09. The van der Waals surface area contributed by atoms with Crippen molar-refractivity contribution in [3.63, 3.8) is 0 Å². The van der Waals surface area contributed by atoms with Gasteiger partial charge in [0.15, 0.2) is 0 Å². The molecule has 118 valence electrons. The molecule has 1 aromatic rings. The smallest absolute Gasteiger partial charge is 0.305 e. The first-order valence-electron chi connectivity index (χ1n) is 6.34. The third-order valence-electron chi connectivity index (χ3n) is 2.64. The highest BCUT2D eigenvalue weighted by Crippen LogP contribution is 2.17. The number of ether oxygens (including phenoxy) is 2. The van der Waals surface area contributed by atoms with E-state index in [1.54, 1.807) is 12.1 Å². The Morgan fingerprint density at radius 1 is 1.19 bits per heavy atom. The Morgan fingerprint density at radius 2 is 1.86 bits per heavy atom. The van der Waals surface area contributed by atoms with Crippen LogP contribution in [0.4, 0.5) is 0 Å². The van der Waals surface area contributed by atoms with Gasteiger partial charge in [-0.3, -0.25) is 4.79 Å². The van der Waals surface area contributed by atoms with E-state index in [9.17, 15) is 13.2 Å². The maximum atomic E-state index is 12.0. The van der Waals surface area contributed by atoms with E-state index < -0.39 is 10.0 Å². The summed E-state index contributed by atoms with van der Waals surface area (Å²) in [5.41, 5.74) is 0. The number of esters is 1. The van der Waals surface area contributed by atoms with E-state index in [1.807, 2.05) is 0 Å². The van der Waals surface area contributed by atoms with E-state index in [1.165, 1.54) is 26.4 Å². The normalized spacial score (nSPS) is 11.1. The molecule has 0 aliphatic rings. The number of benzene rings is 1. The molecular formula is C13H19NO5S2. The summed E-state index contributed by atoms with van der Waals surface area (Å²) in [6.07, 6.45) is 1.75. The van der Waals surface area contributed by atoms with Crippen LogP contribution in [0.5, 0.6) is 5.75 Å². The van der Waals surface area contributed by atoms with E-state index in [4.69, 9.17) is 4.74 Å². The van der Waals surface area contributed by atoms with Crippen LogP contribution >= 0.6 is 11.9 Å². The lowest BCUT2D eigenvalue weighted by Crippen LogP contribution is -2.17. The Labute approximate surface area is 129 Å². The van der Waals surface area contributed by atoms with Gasteiger partial charge in [0.25, 0.3) is 0 Å². The van der Waals surface area contributed by atoms with Crippen LogP contribution < -0.4 is 8.86 Å². The third-order valence-corrected chi connectivity index (χ3v) is 5.38. The van der Waals surface area contributed by atoms with Crippen molar-refractivity contribution >= 4 is 27.9 Å². The van der Waals surface area contributed by atoms with Crippen molar-refractivity contribution in [3.05, 3.63) is 24.3 Å². The molecule has 0 atom stereocenters. The van der Waals surface area contributed by atoms with Gasteiger partial charge >= 0.3 is 5.97 Å². The van der Waals surface area contributed by atoms with Gasteiger partial charge in [0.05, 0.1) is 19.1 Å². The molecule has 0 saturated heterocycles. The standard InChI is InChI=1S/C13H19NO5S2/c1-18-11-6-8-12(9-7-11)21(16,17)14-20-10-4-3-5-13(15)19-2/h6-9,14H,3-5,10H2,1-2H3. The number of methoxy groups -OCH3 is 2. The molecule has 6 nitrogen and oxygen atoms in total. The monoisotopic (exact) mass is 333 g/mol. The zero-order valence-corrected chi connectivity index (χ0v) is 13.6. The van der Waals surface area contributed by atoms with Gasteiger partial charge in [0, 0.05) is 12.2 Å². The molecule has 0 fully saturated rings. The maximum Gasteiger partial charge on any atom is 0.305 e. The Balaban J connectivity index is 2.34. The summed E-state index contributed by atoms with van der Waals surface area (Å²) in [5.74, 6) is 0.940. The summed E-state index contributed by atoms with van der Waals surface area (Å²) in [6, 6.07) is 6.16. The number of hydrogen-bond acceptors (Lipinski definition) is 6. The van der Waals surface area contributed by atoms with Crippen LogP contribution in [-0.2, 0) is 19.6 Å². The van der Waals surface area contributed by atoms with E-state index >= 15 is 0 Å². The molecule has 0 amide bonds. The predicted molar refractivity (Wildman–Crippen MR) is 81.6 cm³/mol. The van der Waals surface area contributed by atoms with Gasteiger partial charge in [0.1, 0.15) is 5.75 Å². The summed E-state index contributed by atoms with van der Waals surface area (Å²) >= 11 is 1.10. The van der Waals surface area contributed by atoms with Crippen molar-refractivity contribution in [1.29, 1.82) is 0 Å². The molecular weight excluding hydrogens is 314 g/mol. The minimum Gasteiger partial charge on any atom is -0.497 e. The fourth-order valence-electron chi connectivity index (χ4n) is 1.47. The van der Waals surface area contributed by atoms with Crippen LogP contribution in [0.3, 0.4) is 0 Å². The molecule has 0 unspecified atom stereocenters. The molecule has 1 N–H and O–H groups in total. The molecule has 0 radical (unpaired) electrons. The van der Waals surface area contributed by atoms with Gasteiger partial charge in [0.2, 0.25) is 10.0 Å². The molecule has 0 spiro atoms. The lowest BCUT2D eigenvalue weighted by molar-refractivity contribution is -0.140. The van der Waals surface area contributed by atoms with Crippen LogP contribution in [0.1, 0.15) is 19.3 Å². The van der Waals surface area contributed by atoms with Crippen molar-refractivity contribution in [1.82, 2.24) is 4.13 Å². The van der Waals surface area contributed by atoms with Gasteiger partial charge in [-0.15, -0.1) is 0 Å². The summed E-state index contributed by atoms with van der Waals surface area (Å²) < 4.78 is 35.9. The van der Waals surface area contributed by atoms with Crippen LogP contribution in [0.25, 0.3) is 0 Å². The molecule has 21 heavy (non-hydrogen) atoms. The second-order valence-electron chi connectivity index (χ2n) is 4.14. The Hall–Kier alpha value is -1.25. The molecule has 1 aromatic carbocycles. The van der Waals surface area contributed by atoms with E-state index in [0.717, 1.165) is 18.4 Å². The SMILES string of the molecule is COC(=O)CCCCSNS(=O)(=O)c1ccc(OC)cc1. The molecule has 0 saturated carbocycles. The van der Waals surface area contributed by atoms with E-state index in [2.05, 4.69) is 8.86 Å². The van der Waals surface area contributed by atoms with Crippen molar-refractivity contribution < 1.29 is 22.7 Å². The minimum atomic E-state index is -3.53. The van der Waals surface area contributed by atoms with Crippen molar-refractivity contribution in [2.45, 2.75) is 24.2 Å². The first-order valence-corrected chi connectivity index (χ1v) is 8.81. The Morgan fingerprint density at radius 3 is 2.43 bits per heavy atom. The first-order chi connectivity index (χ1) is 9.99. The molecule has 0 aromatic heterocycles. The fraction of sp³-hybridized carbons (Fsp3) is 0.462. The van der Waals surface area contributed by atoms with E-state index in [-0.39, 0.29) is 10.9 Å². The lowest BCUT2D eigenvalue weighted by Gasteiger charge is -2.07. The quantitative estimate of drug-likeness (QED) is 0.423. The predicted octanol–water partition coefficient (Wildman–Crippen LogP) is 1.97. The van der Waals surface area contributed by atoms with Crippen molar-refractivity contribution in [2.24, 2.45) is 0 Å². The molecule has 0 aliphatic carbocycles. The summed E-state index contributed by atoms with van der Waals surface area (Å²) in [4.78, 5) is 11.1. The van der Waals surface area contributed by atoms with Gasteiger partial charge < -0.3 is 9.47 Å². The number of rotatable bonds is 9. The van der Waals surface area contributed by atoms with Gasteiger partial charge in [-0.25, -0.2) is 8.42 Å². The van der Waals surface area contributed by atoms with Crippen LogP contribution in [-0.4, -0.2) is 34.4 Å². The first kappa shape index (κ1) is 17.8. The van der Waals surface area contributed by atoms with Gasteiger partial charge in [-0.05, 0) is 37.1 Å². The number of carbonyl (C=O) groups is 1. The third kappa shape index (κ3) is 6.36. The zero-order valence-electron chi connectivity index (χ0n) is 12.0. The average molecular weight is 333 g/mol. The maximum absolute atomic E-state index is 12.0. The summed E-state index contributed by atoms with van der Waals surface area (Å²) in [5, 5.41) is 0. The number of hydrogen-bond donors (Lipinski definition) is 1. The van der Waals surface area contributed by atoms with E-state index in [0.29, 0.717) is 24.3 Å². The summed E-state index contributed by atoms with van der Waals surface area (Å²) in [6.45, 7) is 0. The van der Waals surface area contributed by atoms with Crippen LogP contribution in [0.2, 0.25) is 0 Å². The second-order valence-corrected chi connectivity index (χ2v) is 6.99. The molecule has 0 aliphatic heterocycles. The largest absolute Gasteiger partial charge is 0.497 e. The summed E-state index contributed by atoms with van der Waals surface area (Å²) in [7, 11) is -0.661. The van der Waals surface area contributed by atoms with Gasteiger partial charge in [-0.2, -0.15) is 4.13 Å². The molecule has 8 heteroatoms. The van der Waals surface area contributed by atoms with Crippen LogP contribution in [0, 0.1) is 0 Å². The number of nitrogens with one attached hydrogen (secondary N) is 1. The second kappa shape index (κ2) is 8.91. The fourth-order valence-corrected chi connectivity index (χ4v) is 3.65. The topological polar surface area (TPSA) is 81.7 Å². The Bertz CT molecular complexity index is 542. The average Bonchev–Trinajstić information content (AvgIpc) is 2.50. The van der Waals surface area contributed by atoms with Crippen molar-refractivity contribution in [3.8, 4) is 5.75 Å². The zero-order chi connectivity index (χ0) is 15.7. The Kier molecular flexibility index (Phi) is 7.55. The molecule has 0 bridgehead atoms. The lowest BCUT2D eigenvalue weighted by atomic mass is 10.2. The van der Waals surface area contributed by atoms with Crippen LogP contribution in [0.15, 0.2) is 29.2 Å². The number of sulfonamides is 1.